The van der Waals surface area contributed by atoms with Gasteiger partial charge in [0.2, 0.25) is 5.95 Å². The van der Waals surface area contributed by atoms with Gasteiger partial charge in [0.1, 0.15) is 5.01 Å². The Bertz CT molecular complexity index is 464. The maximum absolute atomic E-state index is 6.05. The predicted octanol–water partition coefficient (Wildman–Crippen LogP) is 3.06. The molecule has 1 aliphatic heterocycles. The third-order valence-corrected chi connectivity index (χ3v) is 5.37. The number of aromatic nitrogens is 2. The zero-order valence-corrected chi connectivity index (χ0v) is 13.1. The van der Waals surface area contributed by atoms with E-state index in [1.165, 1.54) is 17.8 Å². The molecule has 2 aliphatic rings. The Morgan fingerprint density at radius 1 is 1.37 bits per heavy atom. The van der Waals surface area contributed by atoms with Gasteiger partial charge in [-0.15, -0.1) is 0 Å². The number of nitrogens with zero attached hydrogens (tertiary/aromatic N) is 3. The van der Waals surface area contributed by atoms with E-state index in [1.807, 2.05) is 0 Å². The number of anilines is 1. The maximum atomic E-state index is 6.05. The van der Waals surface area contributed by atoms with Gasteiger partial charge in [0.15, 0.2) is 0 Å². The summed E-state index contributed by atoms with van der Waals surface area (Å²) in [5.74, 6) is 1.60. The molecule has 5 heteroatoms. The van der Waals surface area contributed by atoms with Gasteiger partial charge >= 0.3 is 0 Å². The second-order valence-corrected chi connectivity index (χ2v) is 7.74. The van der Waals surface area contributed by atoms with E-state index in [2.05, 4.69) is 37.0 Å². The van der Waals surface area contributed by atoms with E-state index in [1.54, 1.807) is 11.5 Å². The normalized spacial score (nSPS) is 28.7. The molecule has 1 aliphatic carbocycles. The van der Waals surface area contributed by atoms with Crippen LogP contribution in [0.4, 0.5) is 5.95 Å². The highest BCUT2D eigenvalue weighted by Crippen LogP contribution is 2.42. The van der Waals surface area contributed by atoms with Crippen molar-refractivity contribution >= 4 is 17.5 Å². The van der Waals surface area contributed by atoms with Gasteiger partial charge < -0.3 is 9.64 Å². The van der Waals surface area contributed by atoms with Gasteiger partial charge in [0.05, 0.1) is 18.8 Å². The predicted molar refractivity (Wildman–Crippen MR) is 77.9 cm³/mol. The molecular formula is C14H23N3OS. The van der Waals surface area contributed by atoms with Gasteiger partial charge in [-0.05, 0) is 36.7 Å². The minimum atomic E-state index is -0.143. The molecule has 0 aromatic carbocycles. The van der Waals surface area contributed by atoms with Gasteiger partial charge in [0.25, 0.3) is 0 Å². The summed E-state index contributed by atoms with van der Waals surface area (Å²) < 4.78 is 10.6. The molecule has 1 aromatic rings. The van der Waals surface area contributed by atoms with Crippen LogP contribution in [0.2, 0.25) is 0 Å². The Hall–Kier alpha value is -0.680. The average Bonchev–Trinajstić information content (AvgIpc) is 3.06. The van der Waals surface area contributed by atoms with E-state index < -0.39 is 0 Å². The molecule has 2 heterocycles. The third-order valence-electron chi connectivity index (χ3n) is 4.50. The molecule has 4 nitrogen and oxygen atoms in total. The lowest BCUT2D eigenvalue weighted by molar-refractivity contribution is -0.111. The summed E-state index contributed by atoms with van der Waals surface area (Å²) in [5.41, 5.74) is -0.0305. The van der Waals surface area contributed by atoms with Gasteiger partial charge in [-0.3, -0.25) is 0 Å². The Morgan fingerprint density at radius 2 is 2.11 bits per heavy atom. The van der Waals surface area contributed by atoms with Gasteiger partial charge in [-0.2, -0.15) is 4.37 Å². The molecular weight excluding hydrogens is 258 g/mol. The van der Waals surface area contributed by atoms with Crippen LogP contribution >= 0.6 is 11.5 Å². The summed E-state index contributed by atoms with van der Waals surface area (Å²) in [6, 6.07) is 0. The molecule has 1 aromatic heterocycles. The van der Waals surface area contributed by atoms with Crippen LogP contribution < -0.4 is 4.90 Å². The SMILES string of the molecule is CC(C)(C)C1(C)CN(c2nsc(C3CC3)n2)CCO1. The van der Waals surface area contributed by atoms with Crippen molar-refractivity contribution in [2.24, 2.45) is 5.41 Å². The van der Waals surface area contributed by atoms with Crippen LogP contribution in [-0.2, 0) is 4.74 Å². The molecule has 106 valence electrons. The van der Waals surface area contributed by atoms with Gasteiger partial charge in [0, 0.05) is 12.5 Å². The van der Waals surface area contributed by atoms with Crippen LogP contribution in [0.1, 0.15) is 51.5 Å². The van der Waals surface area contributed by atoms with Crippen molar-refractivity contribution in [1.29, 1.82) is 0 Å². The fraction of sp³-hybridized carbons (Fsp3) is 0.857. The second-order valence-electron chi connectivity index (χ2n) is 6.96. The van der Waals surface area contributed by atoms with Crippen LogP contribution in [0.15, 0.2) is 0 Å². The lowest BCUT2D eigenvalue weighted by Crippen LogP contribution is -2.57. The Morgan fingerprint density at radius 3 is 2.74 bits per heavy atom. The van der Waals surface area contributed by atoms with Crippen molar-refractivity contribution < 1.29 is 4.74 Å². The fourth-order valence-corrected chi connectivity index (χ4v) is 3.18. The molecule has 0 N–H and O–H groups in total. The highest BCUT2D eigenvalue weighted by atomic mass is 32.1. The van der Waals surface area contributed by atoms with Crippen LogP contribution in [0, 0.1) is 5.41 Å². The Labute approximate surface area is 119 Å². The topological polar surface area (TPSA) is 38.2 Å². The summed E-state index contributed by atoms with van der Waals surface area (Å²) in [6.07, 6.45) is 2.58. The fourth-order valence-electron chi connectivity index (χ4n) is 2.35. The maximum Gasteiger partial charge on any atom is 0.237 e. The average molecular weight is 281 g/mol. The molecule has 0 radical (unpaired) electrons. The zero-order valence-electron chi connectivity index (χ0n) is 12.3. The van der Waals surface area contributed by atoms with E-state index in [9.17, 15) is 0 Å². The molecule has 1 saturated carbocycles. The monoisotopic (exact) mass is 281 g/mol. The standard InChI is InChI=1S/C14H23N3OS/c1-13(2,3)14(4)9-17(7-8-18-14)12-15-11(19-16-12)10-5-6-10/h10H,5-9H2,1-4H3. The zero-order chi connectivity index (χ0) is 13.7. The summed E-state index contributed by atoms with van der Waals surface area (Å²) >= 11 is 1.58. The van der Waals surface area contributed by atoms with Gasteiger partial charge in [-0.25, -0.2) is 4.98 Å². The summed E-state index contributed by atoms with van der Waals surface area (Å²) in [4.78, 5) is 7.01. The van der Waals surface area contributed by atoms with Crippen molar-refractivity contribution in [3.63, 3.8) is 0 Å². The second kappa shape index (κ2) is 4.42. The van der Waals surface area contributed by atoms with Crippen molar-refractivity contribution in [2.45, 2.75) is 52.1 Å². The first-order valence-electron chi connectivity index (χ1n) is 7.12. The highest BCUT2D eigenvalue weighted by molar-refractivity contribution is 7.05. The van der Waals surface area contributed by atoms with Crippen LogP contribution in [0.25, 0.3) is 0 Å². The Balaban J connectivity index is 1.77. The number of ether oxygens (including phenoxy) is 1. The third kappa shape index (κ3) is 2.50. The summed E-state index contributed by atoms with van der Waals surface area (Å²) in [7, 11) is 0. The molecule has 1 unspecified atom stereocenters. The Kier molecular flexibility index (Phi) is 3.09. The van der Waals surface area contributed by atoms with Crippen molar-refractivity contribution in [3.8, 4) is 0 Å². The molecule has 0 bridgehead atoms. The summed E-state index contributed by atoms with van der Waals surface area (Å²) in [6.45, 7) is 11.4. The highest BCUT2D eigenvalue weighted by Gasteiger charge is 2.43. The summed E-state index contributed by atoms with van der Waals surface area (Å²) in [5, 5.41) is 1.22. The van der Waals surface area contributed by atoms with E-state index in [0.717, 1.165) is 25.6 Å². The minimum absolute atomic E-state index is 0.112. The van der Waals surface area contributed by atoms with Crippen LogP contribution in [0.5, 0.6) is 0 Å². The van der Waals surface area contributed by atoms with Gasteiger partial charge in [-0.1, -0.05) is 20.8 Å². The lowest BCUT2D eigenvalue weighted by atomic mass is 9.76. The molecule has 1 atom stereocenters. The van der Waals surface area contributed by atoms with Crippen molar-refractivity contribution in [1.82, 2.24) is 9.36 Å². The van der Waals surface area contributed by atoms with Crippen molar-refractivity contribution in [3.05, 3.63) is 5.01 Å². The quantitative estimate of drug-likeness (QED) is 0.835. The van der Waals surface area contributed by atoms with E-state index in [4.69, 9.17) is 9.72 Å². The first kappa shape index (κ1) is 13.3. The van der Waals surface area contributed by atoms with E-state index >= 15 is 0 Å². The van der Waals surface area contributed by atoms with E-state index in [-0.39, 0.29) is 11.0 Å². The molecule has 19 heavy (non-hydrogen) atoms. The number of morpholine rings is 1. The number of hydrogen-bond donors (Lipinski definition) is 0. The smallest absolute Gasteiger partial charge is 0.237 e. The molecule has 2 fully saturated rings. The number of rotatable bonds is 2. The van der Waals surface area contributed by atoms with E-state index in [0.29, 0.717) is 5.92 Å². The first-order chi connectivity index (χ1) is 8.89. The largest absolute Gasteiger partial charge is 0.371 e. The molecule has 3 rings (SSSR count). The molecule has 0 spiro atoms. The molecule has 1 saturated heterocycles. The number of hydrogen-bond acceptors (Lipinski definition) is 5. The minimum Gasteiger partial charge on any atom is -0.371 e. The lowest BCUT2D eigenvalue weighted by Gasteiger charge is -2.47. The van der Waals surface area contributed by atoms with Crippen LogP contribution in [-0.4, -0.2) is 34.7 Å². The van der Waals surface area contributed by atoms with Crippen molar-refractivity contribution in [2.75, 3.05) is 24.6 Å². The van der Waals surface area contributed by atoms with Crippen LogP contribution in [0.3, 0.4) is 0 Å². The first-order valence-corrected chi connectivity index (χ1v) is 7.89. The molecule has 0 amide bonds.